The standard InChI is InChI=1S/C25H25N5O6S/c1-25(2,24(33)36-3)13-9-16(15-11-14(37(28,34)35)5-7-20(15)31)21(32)17(10-13)23-29-18-6-4-12(22(26)27)8-19(18)30-23/h4-11,31-32H,1-3H3,(H3,26,27)(H,29,30)(H2,28,34,35). The van der Waals surface area contributed by atoms with Crippen LogP contribution in [0.2, 0.25) is 0 Å². The van der Waals surface area contributed by atoms with Crippen LogP contribution in [0.5, 0.6) is 11.5 Å². The zero-order valence-corrected chi connectivity index (χ0v) is 21.0. The summed E-state index contributed by atoms with van der Waals surface area (Å²) in [4.78, 5) is 20.0. The molecule has 12 heteroatoms. The Morgan fingerprint density at radius 3 is 2.35 bits per heavy atom. The number of carbonyl (C=O) groups excluding carboxylic acids is 1. The molecule has 192 valence electrons. The van der Waals surface area contributed by atoms with Gasteiger partial charge in [0, 0.05) is 16.7 Å². The number of benzene rings is 3. The van der Waals surface area contributed by atoms with E-state index in [1.165, 1.54) is 13.2 Å². The second-order valence-electron chi connectivity index (χ2n) is 8.99. The Labute approximate surface area is 212 Å². The zero-order valence-electron chi connectivity index (χ0n) is 20.2. The highest BCUT2D eigenvalue weighted by atomic mass is 32.2. The third-order valence-electron chi connectivity index (χ3n) is 6.16. The predicted octanol–water partition coefficient (Wildman–Crippen LogP) is 2.69. The lowest BCUT2D eigenvalue weighted by Crippen LogP contribution is -2.30. The van der Waals surface area contributed by atoms with Crippen molar-refractivity contribution in [2.45, 2.75) is 24.2 Å². The minimum absolute atomic E-state index is 0.0252. The fourth-order valence-corrected chi connectivity index (χ4v) is 4.51. The Hall–Kier alpha value is -4.42. The largest absolute Gasteiger partial charge is 0.507 e. The van der Waals surface area contributed by atoms with E-state index in [1.807, 2.05) is 0 Å². The minimum atomic E-state index is -4.12. The Morgan fingerprint density at radius 2 is 1.73 bits per heavy atom. The minimum Gasteiger partial charge on any atom is -0.507 e. The summed E-state index contributed by atoms with van der Waals surface area (Å²) in [6.07, 6.45) is 0. The van der Waals surface area contributed by atoms with Gasteiger partial charge in [-0.1, -0.05) is 0 Å². The number of hydrogen-bond acceptors (Lipinski definition) is 8. The molecule has 0 bridgehead atoms. The van der Waals surface area contributed by atoms with Crippen LogP contribution < -0.4 is 10.9 Å². The normalized spacial score (nSPS) is 12.0. The Kier molecular flexibility index (Phi) is 6.18. The molecule has 4 aromatic rings. The van der Waals surface area contributed by atoms with Gasteiger partial charge < -0.3 is 25.7 Å². The molecule has 0 saturated carbocycles. The molecule has 3 aromatic carbocycles. The first-order valence-corrected chi connectivity index (χ1v) is 12.4. The molecule has 0 aliphatic rings. The van der Waals surface area contributed by atoms with Crippen LogP contribution in [0.25, 0.3) is 33.5 Å². The summed E-state index contributed by atoms with van der Waals surface area (Å²) in [5.41, 5.74) is 6.50. The van der Waals surface area contributed by atoms with Gasteiger partial charge in [0.2, 0.25) is 10.0 Å². The number of sulfonamides is 1. The van der Waals surface area contributed by atoms with Gasteiger partial charge in [0.05, 0.1) is 34.0 Å². The number of imidazole rings is 1. The van der Waals surface area contributed by atoms with Crippen LogP contribution in [0.15, 0.2) is 53.4 Å². The van der Waals surface area contributed by atoms with E-state index in [4.69, 9.17) is 21.0 Å². The van der Waals surface area contributed by atoms with Crippen molar-refractivity contribution in [3.05, 3.63) is 59.7 Å². The van der Waals surface area contributed by atoms with E-state index in [-0.39, 0.29) is 44.7 Å². The summed E-state index contributed by atoms with van der Waals surface area (Å²) >= 11 is 0. The van der Waals surface area contributed by atoms with E-state index >= 15 is 0 Å². The smallest absolute Gasteiger partial charge is 0.315 e. The number of primary sulfonamides is 1. The first kappa shape index (κ1) is 25.7. The quantitative estimate of drug-likeness (QED) is 0.125. The van der Waals surface area contributed by atoms with Gasteiger partial charge in [-0.25, -0.2) is 18.5 Å². The summed E-state index contributed by atoms with van der Waals surface area (Å²) in [6, 6.07) is 11.4. The van der Waals surface area contributed by atoms with Crippen LogP contribution in [0.3, 0.4) is 0 Å². The summed E-state index contributed by atoms with van der Waals surface area (Å²) in [7, 11) is -2.87. The molecular formula is C25H25N5O6S. The maximum absolute atomic E-state index is 12.6. The first-order chi connectivity index (χ1) is 17.2. The third-order valence-corrected chi connectivity index (χ3v) is 7.07. The van der Waals surface area contributed by atoms with Crippen LogP contribution in [0.4, 0.5) is 0 Å². The number of phenols is 2. The molecule has 0 amide bonds. The number of H-pyrrole nitrogens is 1. The number of methoxy groups -OCH3 is 1. The second-order valence-corrected chi connectivity index (χ2v) is 10.6. The van der Waals surface area contributed by atoms with Gasteiger partial charge in [0.25, 0.3) is 0 Å². The van der Waals surface area contributed by atoms with Crippen molar-refractivity contribution in [2.24, 2.45) is 10.9 Å². The Bertz CT molecular complexity index is 1690. The molecule has 4 rings (SSSR count). The lowest BCUT2D eigenvalue weighted by Gasteiger charge is -2.24. The topological polar surface area (TPSA) is 205 Å². The number of amidine groups is 1. The number of nitrogens with one attached hydrogen (secondary N) is 2. The number of carbonyl (C=O) groups is 1. The summed E-state index contributed by atoms with van der Waals surface area (Å²) < 4.78 is 28.9. The molecule has 11 nitrogen and oxygen atoms in total. The molecule has 0 spiro atoms. The van der Waals surface area contributed by atoms with E-state index in [1.54, 1.807) is 38.1 Å². The lowest BCUT2D eigenvalue weighted by molar-refractivity contribution is -0.146. The van der Waals surface area contributed by atoms with Crippen LogP contribution in [0, 0.1) is 5.41 Å². The highest BCUT2D eigenvalue weighted by molar-refractivity contribution is 7.89. The molecule has 0 atom stereocenters. The van der Waals surface area contributed by atoms with E-state index in [2.05, 4.69) is 9.97 Å². The number of nitrogen functional groups attached to an aromatic ring is 1. The van der Waals surface area contributed by atoms with Gasteiger partial charge in [-0.2, -0.15) is 0 Å². The highest BCUT2D eigenvalue weighted by Crippen LogP contribution is 2.44. The maximum atomic E-state index is 12.6. The number of ether oxygens (including phenoxy) is 1. The number of rotatable bonds is 6. The molecule has 0 unspecified atom stereocenters. The van der Waals surface area contributed by atoms with E-state index in [0.29, 0.717) is 22.2 Å². The number of fused-ring (bicyclic) bond motifs is 1. The Balaban J connectivity index is 2.04. The van der Waals surface area contributed by atoms with Crippen LogP contribution in [-0.4, -0.2) is 47.5 Å². The zero-order chi connectivity index (χ0) is 27.3. The lowest BCUT2D eigenvalue weighted by atomic mass is 9.81. The summed E-state index contributed by atoms with van der Waals surface area (Å²) in [5, 5.41) is 34.9. The summed E-state index contributed by atoms with van der Waals surface area (Å²) in [5.74, 6) is -1.13. The second kappa shape index (κ2) is 8.91. The molecule has 0 aliphatic heterocycles. The highest BCUT2D eigenvalue weighted by Gasteiger charge is 2.33. The van der Waals surface area contributed by atoms with Gasteiger partial charge >= 0.3 is 5.97 Å². The van der Waals surface area contributed by atoms with E-state index in [0.717, 1.165) is 18.2 Å². The third kappa shape index (κ3) is 4.59. The average molecular weight is 524 g/mol. The van der Waals surface area contributed by atoms with Crippen LogP contribution in [-0.2, 0) is 25.0 Å². The van der Waals surface area contributed by atoms with Crippen LogP contribution >= 0.6 is 0 Å². The molecule has 0 fully saturated rings. The molecule has 0 saturated heterocycles. The van der Waals surface area contributed by atoms with Crippen LogP contribution in [0.1, 0.15) is 25.0 Å². The molecule has 8 N–H and O–H groups in total. The molecular weight excluding hydrogens is 498 g/mol. The first-order valence-electron chi connectivity index (χ1n) is 10.9. The van der Waals surface area contributed by atoms with E-state index < -0.39 is 21.4 Å². The van der Waals surface area contributed by atoms with Crippen molar-refractivity contribution in [3.63, 3.8) is 0 Å². The molecule has 1 heterocycles. The van der Waals surface area contributed by atoms with Crippen molar-refractivity contribution in [3.8, 4) is 34.0 Å². The number of aromatic hydroxyl groups is 2. The average Bonchev–Trinajstić information content (AvgIpc) is 3.26. The van der Waals surface area contributed by atoms with Gasteiger partial charge in [-0.05, 0) is 67.9 Å². The van der Waals surface area contributed by atoms with Gasteiger partial charge in [0.15, 0.2) is 0 Å². The molecule has 0 radical (unpaired) electrons. The van der Waals surface area contributed by atoms with Gasteiger partial charge in [-0.15, -0.1) is 0 Å². The molecule has 1 aromatic heterocycles. The molecule has 37 heavy (non-hydrogen) atoms. The maximum Gasteiger partial charge on any atom is 0.315 e. The number of phenolic OH excluding ortho intramolecular Hbond substituents is 2. The van der Waals surface area contributed by atoms with Crippen molar-refractivity contribution in [2.75, 3.05) is 7.11 Å². The Morgan fingerprint density at radius 1 is 1.05 bits per heavy atom. The van der Waals surface area contributed by atoms with Crippen molar-refractivity contribution >= 4 is 32.9 Å². The predicted molar refractivity (Wildman–Crippen MR) is 138 cm³/mol. The number of aromatic nitrogens is 2. The van der Waals surface area contributed by atoms with Crippen molar-refractivity contribution in [1.82, 2.24) is 9.97 Å². The van der Waals surface area contributed by atoms with E-state index in [9.17, 15) is 23.4 Å². The number of hydrogen-bond donors (Lipinski definition) is 6. The number of nitrogens with two attached hydrogens (primary N) is 2. The number of aromatic amines is 1. The van der Waals surface area contributed by atoms with Crippen molar-refractivity contribution < 1.29 is 28.2 Å². The van der Waals surface area contributed by atoms with Gasteiger partial charge in [-0.3, -0.25) is 10.2 Å². The molecule has 0 aliphatic carbocycles. The van der Waals surface area contributed by atoms with Crippen molar-refractivity contribution in [1.29, 1.82) is 5.41 Å². The number of esters is 1. The summed E-state index contributed by atoms with van der Waals surface area (Å²) in [6.45, 7) is 3.24. The SMILES string of the molecule is COC(=O)C(C)(C)c1cc(-c2nc3ccc(C(=N)N)cc3[nH]2)c(O)c(-c2cc(S(N)(=O)=O)ccc2O)c1. The fraction of sp³-hybridized carbons (Fsp3) is 0.160. The fourth-order valence-electron chi connectivity index (χ4n) is 3.97. The number of nitrogens with zero attached hydrogens (tertiary/aromatic N) is 1. The monoisotopic (exact) mass is 523 g/mol. The van der Waals surface area contributed by atoms with Gasteiger partial charge in [0.1, 0.15) is 23.2 Å².